The molecular formula is C13H13N3O3. The van der Waals surface area contributed by atoms with Gasteiger partial charge in [-0.2, -0.15) is 5.10 Å². The second-order valence-corrected chi connectivity index (χ2v) is 3.95. The number of anilines is 1. The van der Waals surface area contributed by atoms with Gasteiger partial charge in [-0.25, -0.2) is 9.48 Å². The van der Waals surface area contributed by atoms with Gasteiger partial charge in [0.05, 0.1) is 19.0 Å². The van der Waals surface area contributed by atoms with E-state index >= 15 is 0 Å². The molecule has 98 valence electrons. The van der Waals surface area contributed by atoms with Gasteiger partial charge < -0.3 is 10.5 Å². The Morgan fingerprint density at radius 1 is 1.26 bits per heavy atom. The fourth-order valence-electron chi connectivity index (χ4n) is 1.67. The first-order valence-electron chi connectivity index (χ1n) is 5.57. The van der Waals surface area contributed by atoms with E-state index in [-0.39, 0.29) is 17.2 Å². The van der Waals surface area contributed by atoms with Crippen molar-refractivity contribution in [3.05, 3.63) is 41.6 Å². The zero-order valence-corrected chi connectivity index (χ0v) is 10.6. The molecule has 0 amide bonds. The molecule has 0 fully saturated rings. The number of carbonyl (C=O) groups excluding carboxylic acids is 2. The van der Waals surface area contributed by atoms with Gasteiger partial charge in [0.25, 0.3) is 0 Å². The van der Waals surface area contributed by atoms with Gasteiger partial charge in [0.2, 0.25) is 0 Å². The molecule has 1 aromatic heterocycles. The molecule has 0 bridgehead atoms. The standard InChI is InChI=1S/C13H13N3O3/c1-8(17)9-3-5-10(6-4-9)16-12(14)11(7-15-16)13(18)19-2/h3-7H,14H2,1-2H3. The maximum Gasteiger partial charge on any atom is 0.343 e. The van der Waals surface area contributed by atoms with E-state index in [1.54, 1.807) is 24.3 Å². The van der Waals surface area contributed by atoms with Crippen LogP contribution in [0, 0.1) is 0 Å². The minimum atomic E-state index is -0.538. The second kappa shape index (κ2) is 4.93. The van der Waals surface area contributed by atoms with Crippen LogP contribution in [0.3, 0.4) is 0 Å². The normalized spacial score (nSPS) is 10.2. The van der Waals surface area contributed by atoms with Gasteiger partial charge in [-0.1, -0.05) is 0 Å². The molecule has 1 aromatic carbocycles. The van der Waals surface area contributed by atoms with Crippen molar-refractivity contribution in [2.24, 2.45) is 0 Å². The Morgan fingerprint density at radius 3 is 2.42 bits per heavy atom. The Kier molecular flexibility index (Phi) is 3.33. The maximum atomic E-state index is 11.4. The van der Waals surface area contributed by atoms with Gasteiger partial charge in [-0.15, -0.1) is 0 Å². The van der Waals surface area contributed by atoms with E-state index in [1.165, 1.54) is 24.9 Å². The van der Waals surface area contributed by atoms with E-state index in [2.05, 4.69) is 9.84 Å². The molecule has 6 nitrogen and oxygen atoms in total. The quantitative estimate of drug-likeness (QED) is 0.665. The summed E-state index contributed by atoms with van der Waals surface area (Å²) >= 11 is 0. The third-order valence-electron chi connectivity index (χ3n) is 2.73. The number of methoxy groups -OCH3 is 1. The van der Waals surface area contributed by atoms with Crippen molar-refractivity contribution in [1.29, 1.82) is 0 Å². The third kappa shape index (κ3) is 2.33. The number of nitrogen functional groups attached to an aromatic ring is 1. The lowest BCUT2D eigenvalue weighted by atomic mass is 10.1. The lowest BCUT2D eigenvalue weighted by Gasteiger charge is -2.05. The number of ketones is 1. The van der Waals surface area contributed by atoms with E-state index in [0.717, 1.165) is 0 Å². The van der Waals surface area contributed by atoms with Crippen molar-refractivity contribution >= 4 is 17.6 Å². The van der Waals surface area contributed by atoms with Crippen LogP contribution in [0.1, 0.15) is 27.6 Å². The summed E-state index contributed by atoms with van der Waals surface area (Å²) in [5, 5.41) is 4.04. The summed E-state index contributed by atoms with van der Waals surface area (Å²) in [5.41, 5.74) is 7.31. The molecule has 2 N–H and O–H groups in total. The Bertz CT molecular complexity index is 629. The number of nitrogens with two attached hydrogens (primary N) is 1. The molecule has 1 heterocycles. The summed E-state index contributed by atoms with van der Waals surface area (Å²) in [6, 6.07) is 6.77. The number of hydrogen-bond donors (Lipinski definition) is 1. The van der Waals surface area contributed by atoms with Gasteiger partial charge in [-0.3, -0.25) is 4.79 Å². The van der Waals surface area contributed by atoms with E-state index in [4.69, 9.17) is 5.73 Å². The predicted octanol–water partition coefficient (Wildman–Crippen LogP) is 1.44. The molecular weight excluding hydrogens is 246 g/mol. The first-order valence-corrected chi connectivity index (χ1v) is 5.57. The number of aromatic nitrogens is 2. The molecule has 0 spiro atoms. The number of esters is 1. The van der Waals surface area contributed by atoms with Crippen molar-refractivity contribution in [2.75, 3.05) is 12.8 Å². The molecule has 0 unspecified atom stereocenters. The number of benzene rings is 1. The Labute approximate surface area is 109 Å². The van der Waals surface area contributed by atoms with Gasteiger partial charge in [0.1, 0.15) is 11.4 Å². The summed E-state index contributed by atoms with van der Waals surface area (Å²) in [4.78, 5) is 22.6. The van der Waals surface area contributed by atoms with Crippen LogP contribution in [0.5, 0.6) is 0 Å². The molecule has 2 aromatic rings. The monoisotopic (exact) mass is 259 g/mol. The molecule has 0 aliphatic carbocycles. The highest BCUT2D eigenvalue weighted by molar-refractivity contribution is 5.95. The Hall–Kier alpha value is -2.63. The van der Waals surface area contributed by atoms with Crippen LogP contribution in [0.2, 0.25) is 0 Å². The average Bonchev–Trinajstić information content (AvgIpc) is 2.80. The van der Waals surface area contributed by atoms with Crippen molar-refractivity contribution in [3.8, 4) is 5.69 Å². The van der Waals surface area contributed by atoms with Gasteiger partial charge in [-0.05, 0) is 31.2 Å². The highest BCUT2D eigenvalue weighted by Gasteiger charge is 2.16. The van der Waals surface area contributed by atoms with E-state index in [0.29, 0.717) is 11.3 Å². The highest BCUT2D eigenvalue weighted by atomic mass is 16.5. The summed E-state index contributed by atoms with van der Waals surface area (Å²) in [5.74, 6) is -0.359. The fraction of sp³-hybridized carbons (Fsp3) is 0.154. The fourth-order valence-corrected chi connectivity index (χ4v) is 1.67. The molecule has 0 atom stereocenters. The number of ether oxygens (including phenoxy) is 1. The lowest BCUT2D eigenvalue weighted by Crippen LogP contribution is -2.07. The van der Waals surface area contributed by atoms with Gasteiger partial charge >= 0.3 is 5.97 Å². The summed E-state index contributed by atoms with van der Waals surface area (Å²) in [7, 11) is 1.28. The summed E-state index contributed by atoms with van der Waals surface area (Å²) < 4.78 is 6.01. The summed E-state index contributed by atoms with van der Waals surface area (Å²) in [6.45, 7) is 1.49. The van der Waals surface area contributed by atoms with Crippen LogP contribution in [0.15, 0.2) is 30.5 Å². The van der Waals surface area contributed by atoms with Crippen LogP contribution in [-0.2, 0) is 4.74 Å². The smallest absolute Gasteiger partial charge is 0.343 e. The van der Waals surface area contributed by atoms with Crippen LogP contribution in [0.4, 0.5) is 5.82 Å². The lowest BCUT2D eigenvalue weighted by molar-refractivity contribution is 0.0602. The predicted molar refractivity (Wildman–Crippen MR) is 69.3 cm³/mol. The molecule has 0 radical (unpaired) electrons. The molecule has 19 heavy (non-hydrogen) atoms. The van der Waals surface area contributed by atoms with Crippen molar-refractivity contribution in [2.45, 2.75) is 6.92 Å². The third-order valence-corrected chi connectivity index (χ3v) is 2.73. The molecule has 0 saturated heterocycles. The molecule has 0 saturated carbocycles. The average molecular weight is 259 g/mol. The number of hydrogen-bond acceptors (Lipinski definition) is 5. The van der Waals surface area contributed by atoms with E-state index in [1.807, 2.05) is 0 Å². The zero-order valence-electron chi connectivity index (χ0n) is 10.6. The SMILES string of the molecule is COC(=O)c1cnn(-c2ccc(C(C)=O)cc2)c1N. The van der Waals surface area contributed by atoms with E-state index < -0.39 is 5.97 Å². The maximum absolute atomic E-state index is 11.4. The van der Waals surface area contributed by atoms with Gasteiger partial charge in [0, 0.05) is 5.56 Å². The highest BCUT2D eigenvalue weighted by Crippen LogP contribution is 2.18. The number of Topliss-reactive ketones (excluding diaryl/α,β-unsaturated/α-hetero) is 1. The number of rotatable bonds is 3. The first-order chi connectivity index (χ1) is 9.04. The van der Waals surface area contributed by atoms with Gasteiger partial charge in [0.15, 0.2) is 5.78 Å². The van der Waals surface area contributed by atoms with Crippen molar-refractivity contribution in [1.82, 2.24) is 9.78 Å². The molecule has 0 aliphatic heterocycles. The van der Waals surface area contributed by atoms with Crippen LogP contribution in [0.25, 0.3) is 5.69 Å². The second-order valence-electron chi connectivity index (χ2n) is 3.95. The number of nitrogens with zero attached hydrogens (tertiary/aromatic N) is 2. The topological polar surface area (TPSA) is 87.2 Å². The number of carbonyl (C=O) groups is 2. The minimum absolute atomic E-state index is 0.0183. The zero-order chi connectivity index (χ0) is 14.0. The summed E-state index contributed by atoms with van der Waals surface area (Å²) in [6.07, 6.45) is 1.35. The van der Waals surface area contributed by atoms with Crippen molar-refractivity contribution in [3.63, 3.8) is 0 Å². The van der Waals surface area contributed by atoms with Crippen molar-refractivity contribution < 1.29 is 14.3 Å². The Morgan fingerprint density at radius 2 is 1.89 bits per heavy atom. The minimum Gasteiger partial charge on any atom is -0.465 e. The largest absolute Gasteiger partial charge is 0.465 e. The Balaban J connectivity index is 2.40. The van der Waals surface area contributed by atoms with E-state index in [9.17, 15) is 9.59 Å². The first kappa shape index (κ1) is 12.8. The van der Waals surface area contributed by atoms with Crippen LogP contribution >= 0.6 is 0 Å². The molecule has 6 heteroatoms. The van der Waals surface area contributed by atoms with Crippen LogP contribution < -0.4 is 5.73 Å². The van der Waals surface area contributed by atoms with Crippen LogP contribution in [-0.4, -0.2) is 28.6 Å². The molecule has 2 rings (SSSR count). The molecule has 0 aliphatic rings.